The van der Waals surface area contributed by atoms with Crippen LogP contribution in [-0.2, 0) is 0 Å². The van der Waals surface area contributed by atoms with Gasteiger partial charge in [-0.2, -0.15) is 0 Å². The van der Waals surface area contributed by atoms with E-state index in [0.717, 1.165) is 11.4 Å². The summed E-state index contributed by atoms with van der Waals surface area (Å²) >= 11 is 5.33. The van der Waals surface area contributed by atoms with Crippen molar-refractivity contribution in [1.29, 1.82) is 0 Å². The van der Waals surface area contributed by atoms with E-state index in [9.17, 15) is 4.79 Å². The number of anilines is 3. The number of methoxy groups -OCH3 is 1. The van der Waals surface area contributed by atoms with Crippen LogP contribution in [0, 0.1) is 0 Å². The third-order valence-corrected chi connectivity index (χ3v) is 3.87. The third-order valence-electron chi connectivity index (χ3n) is 3.66. The summed E-state index contributed by atoms with van der Waals surface area (Å²) in [7, 11) is 1.56. The first-order valence-electron chi connectivity index (χ1n) is 8.18. The average molecular weight is 378 g/mol. The highest BCUT2D eigenvalue weighted by molar-refractivity contribution is 7.80. The Kier molecular flexibility index (Phi) is 5.96. The lowest BCUT2D eigenvalue weighted by molar-refractivity contribution is 0.102. The number of nitrogens with one attached hydrogen (secondary N) is 3. The van der Waals surface area contributed by atoms with Crippen molar-refractivity contribution < 1.29 is 9.53 Å². The van der Waals surface area contributed by atoms with Crippen molar-refractivity contribution in [3.8, 4) is 5.75 Å². The Labute approximate surface area is 162 Å². The number of nitrogens with zero attached hydrogens (tertiary/aromatic N) is 1. The number of pyridine rings is 1. The van der Waals surface area contributed by atoms with Crippen molar-refractivity contribution in [1.82, 2.24) is 4.98 Å². The maximum atomic E-state index is 12.5. The number of aromatic nitrogens is 1. The third kappa shape index (κ3) is 5.02. The molecule has 0 spiro atoms. The fourth-order valence-electron chi connectivity index (χ4n) is 2.39. The van der Waals surface area contributed by atoms with Gasteiger partial charge in [0, 0.05) is 17.4 Å². The van der Waals surface area contributed by atoms with Gasteiger partial charge in [-0.25, -0.2) is 0 Å². The second-order valence-electron chi connectivity index (χ2n) is 5.56. The number of amides is 1. The van der Waals surface area contributed by atoms with E-state index in [1.54, 1.807) is 43.8 Å². The van der Waals surface area contributed by atoms with Gasteiger partial charge in [-0.15, -0.1) is 0 Å². The summed E-state index contributed by atoms with van der Waals surface area (Å²) in [6.45, 7) is 0. The maximum absolute atomic E-state index is 12.5. The molecule has 0 bridgehead atoms. The molecule has 3 rings (SSSR count). The number of para-hydroxylation sites is 1. The van der Waals surface area contributed by atoms with Crippen molar-refractivity contribution >= 4 is 40.3 Å². The van der Waals surface area contributed by atoms with Gasteiger partial charge in [0.25, 0.3) is 5.91 Å². The second-order valence-corrected chi connectivity index (χ2v) is 5.96. The van der Waals surface area contributed by atoms with Crippen LogP contribution in [0.15, 0.2) is 73.1 Å². The molecular weight excluding hydrogens is 360 g/mol. The molecule has 6 nitrogen and oxygen atoms in total. The smallest absolute Gasteiger partial charge is 0.255 e. The molecule has 0 atom stereocenters. The number of thiocarbonyl (C=S) groups is 1. The molecule has 0 saturated heterocycles. The molecule has 1 heterocycles. The predicted molar refractivity (Wildman–Crippen MR) is 111 cm³/mol. The molecule has 1 aromatic heterocycles. The molecule has 27 heavy (non-hydrogen) atoms. The van der Waals surface area contributed by atoms with E-state index in [4.69, 9.17) is 17.0 Å². The van der Waals surface area contributed by atoms with Gasteiger partial charge < -0.3 is 20.7 Å². The maximum Gasteiger partial charge on any atom is 0.255 e. The standard InChI is InChI=1S/C20H18N4O2S/c1-26-18-10-9-14(19(25)22-15-6-3-2-4-7-15)12-17(18)24-20(27)23-16-8-5-11-21-13-16/h2-13H,1H3,(H,22,25)(H2,23,24,27). The first-order chi connectivity index (χ1) is 13.2. The van der Waals surface area contributed by atoms with Gasteiger partial charge in [-0.05, 0) is 54.7 Å². The molecule has 0 aliphatic heterocycles. The molecule has 0 fully saturated rings. The average Bonchev–Trinajstić information content (AvgIpc) is 2.69. The largest absolute Gasteiger partial charge is 0.495 e. The minimum Gasteiger partial charge on any atom is -0.495 e. The summed E-state index contributed by atoms with van der Waals surface area (Å²) in [5, 5.41) is 9.30. The molecule has 3 aromatic rings. The highest BCUT2D eigenvalue weighted by atomic mass is 32.1. The van der Waals surface area contributed by atoms with Crippen LogP contribution in [0.25, 0.3) is 0 Å². The number of hydrogen-bond acceptors (Lipinski definition) is 4. The molecule has 3 N–H and O–H groups in total. The van der Waals surface area contributed by atoms with E-state index >= 15 is 0 Å². The Morgan fingerprint density at radius 1 is 0.963 bits per heavy atom. The van der Waals surface area contributed by atoms with Crippen LogP contribution >= 0.6 is 12.2 Å². The Balaban J connectivity index is 1.75. The lowest BCUT2D eigenvalue weighted by Crippen LogP contribution is -2.20. The summed E-state index contributed by atoms with van der Waals surface area (Å²) < 4.78 is 5.36. The summed E-state index contributed by atoms with van der Waals surface area (Å²) in [4.78, 5) is 16.5. The molecule has 136 valence electrons. The summed E-state index contributed by atoms with van der Waals surface area (Å²) in [6, 6.07) is 18.0. The number of carbonyl (C=O) groups excluding carboxylic acids is 1. The molecule has 0 aliphatic rings. The van der Waals surface area contributed by atoms with E-state index in [0.29, 0.717) is 22.1 Å². The van der Waals surface area contributed by atoms with E-state index in [1.165, 1.54) is 0 Å². The molecular formula is C20H18N4O2S. The Bertz CT molecular complexity index is 933. The predicted octanol–water partition coefficient (Wildman–Crippen LogP) is 4.15. The molecule has 0 saturated carbocycles. The Morgan fingerprint density at radius 2 is 1.74 bits per heavy atom. The Hall–Kier alpha value is -3.45. The van der Waals surface area contributed by atoms with Crippen LogP contribution in [0.4, 0.5) is 17.1 Å². The molecule has 0 unspecified atom stereocenters. The summed E-state index contributed by atoms with van der Waals surface area (Å²) in [5.74, 6) is 0.347. The first-order valence-corrected chi connectivity index (χ1v) is 8.59. The van der Waals surface area contributed by atoms with Crippen molar-refractivity contribution in [2.45, 2.75) is 0 Å². The van der Waals surface area contributed by atoms with Crippen LogP contribution in [-0.4, -0.2) is 23.1 Å². The normalized spacial score (nSPS) is 9.96. The first kappa shape index (κ1) is 18.3. The van der Waals surface area contributed by atoms with E-state index in [1.807, 2.05) is 36.4 Å². The van der Waals surface area contributed by atoms with Gasteiger partial charge >= 0.3 is 0 Å². The number of ether oxygens (including phenoxy) is 1. The van der Waals surface area contributed by atoms with Crippen LogP contribution in [0.5, 0.6) is 5.75 Å². The van der Waals surface area contributed by atoms with Crippen molar-refractivity contribution in [3.05, 3.63) is 78.6 Å². The van der Waals surface area contributed by atoms with Gasteiger partial charge in [-0.1, -0.05) is 18.2 Å². The fourth-order valence-corrected chi connectivity index (χ4v) is 2.62. The topological polar surface area (TPSA) is 75.3 Å². The van der Waals surface area contributed by atoms with Crippen molar-refractivity contribution in [2.75, 3.05) is 23.1 Å². The highest BCUT2D eigenvalue weighted by Crippen LogP contribution is 2.26. The zero-order valence-electron chi connectivity index (χ0n) is 14.6. The zero-order valence-corrected chi connectivity index (χ0v) is 15.4. The number of hydrogen-bond donors (Lipinski definition) is 3. The monoisotopic (exact) mass is 378 g/mol. The molecule has 1 amide bonds. The van der Waals surface area contributed by atoms with Crippen molar-refractivity contribution in [2.24, 2.45) is 0 Å². The molecule has 0 aliphatic carbocycles. The number of rotatable bonds is 5. The van der Waals surface area contributed by atoms with Crippen LogP contribution in [0.3, 0.4) is 0 Å². The summed E-state index contributed by atoms with van der Waals surface area (Å²) in [5.41, 5.74) is 2.54. The van der Waals surface area contributed by atoms with Crippen LogP contribution in [0.1, 0.15) is 10.4 Å². The van der Waals surface area contributed by atoms with Gasteiger partial charge in [0.05, 0.1) is 24.7 Å². The minimum absolute atomic E-state index is 0.224. The highest BCUT2D eigenvalue weighted by Gasteiger charge is 2.12. The minimum atomic E-state index is -0.224. The van der Waals surface area contributed by atoms with E-state index in [2.05, 4.69) is 20.9 Å². The molecule has 7 heteroatoms. The van der Waals surface area contributed by atoms with Gasteiger partial charge in [0.15, 0.2) is 5.11 Å². The van der Waals surface area contributed by atoms with E-state index in [-0.39, 0.29) is 5.91 Å². The molecule has 2 aromatic carbocycles. The molecule has 0 radical (unpaired) electrons. The SMILES string of the molecule is COc1ccc(C(=O)Nc2ccccc2)cc1NC(=S)Nc1cccnc1. The van der Waals surface area contributed by atoms with Gasteiger partial charge in [0.1, 0.15) is 5.75 Å². The number of carbonyl (C=O) groups is 1. The second kappa shape index (κ2) is 8.77. The van der Waals surface area contributed by atoms with Gasteiger partial charge in [-0.3, -0.25) is 9.78 Å². The van der Waals surface area contributed by atoms with Crippen LogP contribution < -0.4 is 20.7 Å². The lowest BCUT2D eigenvalue weighted by Gasteiger charge is -2.14. The fraction of sp³-hybridized carbons (Fsp3) is 0.0500. The Morgan fingerprint density at radius 3 is 2.44 bits per heavy atom. The van der Waals surface area contributed by atoms with Crippen molar-refractivity contribution in [3.63, 3.8) is 0 Å². The number of benzene rings is 2. The zero-order chi connectivity index (χ0) is 19.1. The quantitative estimate of drug-likeness (QED) is 0.579. The van der Waals surface area contributed by atoms with Gasteiger partial charge in [0.2, 0.25) is 0 Å². The lowest BCUT2D eigenvalue weighted by atomic mass is 10.1. The summed E-state index contributed by atoms with van der Waals surface area (Å²) in [6.07, 6.45) is 3.34. The van der Waals surface area contributed by atoms with Crippen LogP contribution in [0.2, 0.25) is 0 Å². The van der Waals surface area contributed by atoms with E-state index < -0.39 is 0 Å².